The van der Waals surface area contributed by atoms with Gasteiger partial charge in [-0.25, -0.2) is 4.98 Å². The van der Waals surface area contributed by atoms with E-state index in [0.717, 1.165) is 12.8 Å². The van der Waals surface area contributed by atoms with Crippen LogP contribution in [0.1, 0.15) is 36.2 Å². The predicted molar refractivity (Wildman–Crippen MR) is 79.0 cm³/mol. The van der Waals surface area contributed by atoms with Crippen LogP contribution in [0.25, 0.3) is 0 Å². The molecule has 5 heteroatoms. The number of carbonyl (C=O) groups excluding carboxylic acids is 1. The van der Waals surface area contributed by atoms with E-state index in [1.165, 1.54) is 12.8 Å². The smallest absolute Gasteiger partial charge is 0.270 e. The molecule has 1 saturated carbocycles. The Morgan fingerprint density at radius 2 is 2.33 bits per heavy atom. The number of thioether (sulfide) groups is 1. The van der Waals surface area contributed by atoms with E-state index in [-0.39, 0.29) is 5.91 Å². The molecule has 0 saturated heterocycles. The van der Waals surface area contributed by atoms with E-state index >= 15 is 0 Å². The summed E-state index contributed by atoms with van der Waals surface area (Å²) in [6.07, 6.45) is 6.76. The van der Waals surface area contributed by atoms with Crippen molar-refractivity contribution in [3.8, 4) is 0 Å². The van der Waals surface area contributed by atoms with E-state index in [1.54, 1.807) is 6.07 Å². The summed E-state index contributed by atoms with van der Waals surface area (Å²) in [7, 11) is 0. The minimum atomic E-state index is -0.0666. The summed E-state index contributed by atoms with van der Waals surface area (Å²) in [6, 6.07) is 5.69. The lowest BCUT2D eigenvalue weighted by molar-refractivity contribution is 0.0923. The van der Waals surface area contributed by atoms with E-state index in [1.807, 2.05) is 23.9 Å². The standard InChI is InChI=1S/C13H17BrN2OS/c1-18-10-5-2-4-9(8-10)15-13(17)11-6-3-7-12(14)16-11/h3,6-7,9-10H,2,4-5,8H2,1H3,(H,15,17). The highest BCUT2D eigenvalue weighted by atomic mass is 79.9. The first-order valence-corrected chi connectivity index (χ1v) is 8.23. The molecule has 1 heterocycles. The molecule has 1 aliphatic carbocycles. The van der Waals surface area contributed by atoms with Crippen LogP contribution >= 0.6 is 27.7 Å². The summed E-state index contributed by atoms with van der Waals surface area (Å²) < 4.78 is 0.695. The van der Waals surface area contributed by atoms with Crippen molar-refractivity contribution >= 4 is 33.6 Å². The molecule has 1 amide bonds. The predicted octanol–water partition coefficient (Wildman–Crippen LogP) is 3.25. The quantitative estimate of drug-likeness (QED) is 0.866. The van der Waals surface area contributed by atoms with E-state index in [0.29, 0.717) is 21.6 Å². The van der Waals surface area contributed by atoms with Crippen LogP contribution in [-0.4, -0.2) is 28.4 Å². The van der Waals surface area contributed by atoms with Crippen molar-refractivity contribution in [3.05, 3.63) is 28.5 Å². The third-order valence-electron chi connectivity index (χ3n) is 3.24. The highest BCUT2D eigenvalue weighted by Crippen LogP contribution is 2.27. The lowest BCUT2D eigenvalue weighted by atomic mass is 9.95. The van der Waals surface area contributed by atoms with Gasteiger partial charge in [0, 0.05) is 11.3 Å². The zero-order chi connectivity index (χ0) is 13.0. The van der Waals surface area contributed by atoms with Crippen LogP contribution in [0.5, 0.6) is 0 Å². The number of nitrogens with one attached hydrogen (secondary N) is 1. The molecular weight excluding hydrogens is 312 g/mol. The maximum Gasteiger partial charge on any atom is 0.270 e. The van der Waals surface area contributed by atoms with Gasteiger partial charge in [-0.2, -0.15) is 11.8 Å². The van der Waals surface area contributed by atoms with Gasteiger partial charge in [-0.1, -0.05) is 12.5 Å². The molecule has 1 aliphatic rings. The molecule has 2 atom stereocenters. The first-order chi connectivity index (χ1) is 8.69. The lowest BCUT2D eigenvalue weighted by Crippen LogP contribution is -2.39. The number of aromatic nitrogens is 1. The Bertz CT molecular complexity index is 427. The lowest BCUT2D eigenvalue weighted by Gasteiger charge is -2.28. The Hall–Kier alpha value is -0.550. The van der Waals surface area contributed by atoms with Gasteiger partial charge in [0.05, 0.1) is 0 Å². The number of nitrogens with zero attached hydrogens (tertiary/aromatic N) is 1. The van der Waals surface area contributed by atoms with E-state index in [4.69, 9.17) is 0 Å². The maximum atomic E-state index is 12.1. The number of carbonyl (C=O) groups is 1. The maximum absolute atomic E-state index is 12.1. The van der Waals surface area contributed by atoms with Gasteiger partial charge in [0.15, 0.2) is 0 Å². The molecule has 0 aromatic carbocycles. The molecule has 0 bridgehead atoms. The fourth-order valence-electron chi connectivity index (χ4n) is 2.28. The molecule has 3 nitrogen and oxygen atoms in total. The van der Waals surface area contributed by atoms with Crippen molar-refractivity contribution in [1.82, 2.24) is 10.3 Å². The van der Waals surface area contributed by atoms with Crippen molar-refractivity contribution < 1.29 is 4.79 Å². The van der Waals surface area contributed by atoms with Crippen molar-refractivity contribution in [1.29, 1.82) is 0 Å². The van der Waals surface area contributed by atoms with Crippen LogP contribution in [0.15, 0.2) is 22.8 Å². The first-order valence-electron chi connectivity index (χ1n) is 6.15. The van der Waals surface area contributed by atoms with Gasteiger partial charge in [0.25, 0.3) is 5.91 Å². The average molecular weight is 329 g/mol. The molecule has 2 rings (SSSR count). The average Bonchev–Trinajstić information content (AvgIpc) is 2.39. The Labute approximate surface area is 120 Å². The van der Waals surface area contributed by atoms with Crippen LogP contribution in [0.4, 0.5) is 0 Å². The largest absolute Gasteiger partial charge is 0.348 e. The van der Waals surface area contributed by atoms with Crippen LogP contribution in [-0.2, 0) is 0 Å². The summed E-state index contributed by atoms with van der Waals surface area (Å²) in [5, 5.41) is 3.77. The van der Waals surface area contributed by atoms with Gasteiger partial charge in [-0.05, 0) is 53.6 Å². The minimum absolute atomic E-state index is 0.0666. The molecule has 98 valence electrons. The number of rotatable bonds is 3. The Balaban J connectivity index is 1.95. The minimum Gasteiger partial charge on any atom is -0.348 e. The van der Waals surface area contributed by atoms with Crippen molar-refractivity contribution in [2.45, 2.75) is 37.0 Å². The fourth-order valence-corrected chi connectivity index (χ4v) is 3.45. The number of pyridine rings is 1. The second-order valence-corrected chi connectivity index (χ2v) is 6.49. The van der Waals surface area contributed by atoms with Crippen LogP contribution in [0, 0.1) is 0 Å². The van der Waals surface area contributed by atoms with E-state index in [2.05, 4.69) is 32.5 Å². The molecule has 0 spiro atoms. The van der Waals surface area contributed by atoms with Crippen molar-refractivity contribution in [2.24, 2.45) is 0 Å². The second-order valence-electron chi connectivity index (χ2n) is 4.54. The van der Waals surface area contributed by atoms with Gasteiger partial charge in [0.2, 0.25) is 0 Å². The zero-order valence-electron chi connectivity index (χ0n) is 10.4. The molecule has 18 heavy (non-hydrogen) atoms. The zero-order valence-corrected chi connectivity index (χ0v) is 12.8. The Kier molecular flexibility index (Phi) is 5.06. The second kappa shape index (κ2) is 6.57. The van der Waals surface area contributed by atoms with Crippen molar-refractivity contribution in [3.63, 3.8) is 0 Å². The van der Waals surface area contributed by atoms with Gasteiger partial charge in [-0.3, -0.25) is 4.79 Å². The topological polar surface area (TPSA) is 42.0 Å². The number of hydrogen-bond donors (Lipinski definition) is 1. The third kappa shape index (κ3) is 3.72. The Morgan fingerprint density at radius 3 is 3.06 bits per heavy atom. The molecule has 1 N–H and O–H groups in total. The summed E-state index contributed by atoms with van der Waals surface area (Å²) in [4.78, 5) is 16.2. The monoisotopic (exact) mass is 328 g/mol. The van der Waals surface area contributed by atoms with Crippen molar-refractivity contribution in [2.75, 3.05) is 6.26 Å². The molecule has 1 fully saturated rings. The molecule has 0 aliphatic heterocycles. The Morgan fingerprint density at radius 1 is 1.50 bits per heavy atom. The summed E-state index contributed by atoms with van der Waals surface area (Å²) in [6.45, 7) is 0. The SMILES string of the molecule is CSC1CCCC(NC(=O)c2cccc(Br)n2)C1. The molecule has 2 unspecified atom stereocenters. The van der Waals surface area contributed by atoms with Gasteiger partial charge in [-0.15, -0.1) is 0 Å². The highest BCUT2D eigenvalue weighted by molar-refractivity contribution is 9.10. The normalized spacial score (nSPS) is 23.7. The van der Waals surface area contributed by atoms with Crippen LogP contribution in [0.3, 0.4) is 0 Å². The number of hydrogen-bond acceptors (Lipinski definition) is 3. The van der Waals surface area contributed by atoms with Gasteiger partial charge < -0.3 is 5.32 Å². The number of halogens is 1. The fraction of sp³-hybridized carbons (Fsp3) is 0.538. The summed E-state index contributed by atoms with van der Waals surface area (Å²) in [5.41, 5.74) is 0.482. The summed E-state index contributed by atoms with van der Waals surface area (Å²) in [5.74, 6) is -0.0666. The first kappa shape index (κ1) is 13.9. The molecule has 1 aromatic rings. The van der Waals surface area contributed by atoms with Crippen LogP contribution in [0.2, 0.25) is 0 Å². The molecule has 0 radical (unpaired) electrons. The molecular formula is C13H17BrN2OS. The van der Waals surface area contributed by atoms with Gasteiger partial charge in [0.1, 0.15) is 10.3 Å². The van der Waals surface area contributed by atoms with Crippen LogP contribution < -0.4 is 5.32 Å². The summed E-state index contributed by atoms with van der Waals surface area (Å²) >= 11 is 5.18. The van der Waals surface area contributed by atoms with Gasteiger partial charge >= 0.3 is 0 Å². The van der Waals surface area contributed by atoms with E-state index < -0.39 is 0 Å². The highest BCUT2D eigenvalue weighted by Gasteiger charge is 2.23. The molecule has 1 aromatic heterocycles. The number of amides is 1. The third-order valence-corrected chi connectivity index (χ3v) is 4.78. The van der Waals surface area contributed by atoms with E-state index in [9.17, 15) is 4.79 Å².